The number of amides is 1. The molecule has 6 heteroatoms. The number of hydrogen-bond donors (Lipinski definition) is 3. The van der Waals surface area contributed by atoms with Crippen LogP contribution >= 0.6 is 0 Å². The molecule has 0 saturated carbocycles. The Labute approximate surface area is 137 Å². The van der Waals surface area contributed by atoms with Crippen molar-refractivity contribution in [2.45, 2.75) is 6.92 Å². The van der Waals surface area contributed by atoms with E-state index in [0.717, 1.165) is 10.9 Å². The molecule has 6 nitrogen and oxygen atoms in total. The lowest BCUT2D eigenvalue weighted by Gasteiger charge is -2.06. The summed E-state index contributed by atoms with van der Waals surface area (Å²) in [6.45, 7) is 1.42. The van der Waals surface area contributed by atoms with Crippen molar-refractivity contribution in [3.05, 3.63) is 59.9 Å². The number of rotatable bonds is 4. The third-order valence-corrected chi connectivity index (χ3v) is 3.53. The van der Waals surface area contributed by atoms with Gasteiger partial charge in [-0.3, -0.25) is 4.79 Å². The van der Waals surface area contributed by atoms with Crippen LogP contribution in [0.25, 0.3) is 22.7 Å². The van der Waals surface area contributed by atoms with Crippen LogP contribution in [0.4, 0.5) is 5.69 Å². The highest BCUT2D eigenvalue weighted by Crippen LogP contribution is 2.24. The molecule has 0 atom stereocenters. The van der Waals surface area contributed by atoms with Gasteiger partial charge in [0.1, 0.15) is 5.65 Å². The van der Waals surface area contributed by atoms with Crippen LogP contribution in [0.15, 0.2) is 48.8 Å². The first-order chi connectivity index (χ1) is 11.5. The fourth-order valence-electron chi connectivity index (χ4n) is 2.46. The van der Waals surface area contributed by atoms with Crippen LogP contribution in [-0.4, -0.2) is 27.0 Å². The van der Waals surface area contributed by atoms with Crippen LogP contribution in [0.1, 0.15) is 18.1 Å². The van der Waals surface area contributed by atoms with E-state index < -0.39 is 5.97 Å². The van der Waals surface area contributed by atoms with Crippen LogP contribution < -0.4 is 5.32 Å². The molecule has 0 unspecified atom stereocenters. The molecular formula is C18H15N3O3. The Bertz CT molecular complexity index is 940. The Kier molecular flexibility index (Phi) is 4.11. The van der Waals surface area contributed by atoms with E-state index in [-0.39, 0.29) is 11.5 Å². The molecule has 2 heterocycles. The Morgan fingerprint density at radius 1 is 1.21 bits per heavy atom. The third-order valence-electron chi connectivity index (χ3n) is 3.53. The lowest BCUT2D eigenvalue weighted by atomic mass is 10.0. The van der Waals surface area contributed by atoms with Crippen LogP contribution in [0, 0.1) is 0 Å². The van der Waals surface area contributed by atoms with E-state index in [2.05, 4.69) is 15.3 Å². The largest absolute Gasteiger partial charge is 0.478 e. The molecule has 0 aliphatic heterocycles. The molecular weight excluding hydrogens is 306 g/mol. The van der Waals surface area contributed by atoms with Crippen molar-refractivity contribution in [2.24, 2.45) is 0 Å². The minimum absolute atomic E-state index is 0.161. The summed E-state index contributed by atoms with van der Waals surface area (Å²) in [5.41, 5.74) is 2.78. The number of hydrogen-bond acceptors (Lipinski definition) is 3. The van der Waals surface area contributed by atoms with Gasteiger partial charge in [-0.15, -0.1) is 0 Å². The second kappa shape index (κ2) is 6.37. The molecule has 0 aliphatic carbocycles. The lowest BCUT2D eigenvalue weighted by molar-refractivity contribution is -0.130. The summed E-state index contributed by atoms with van der Waals surface area (Å²) < 4.78 is 0. The number of pyridine rings is 1. The number of anilines is 1. The summed E-state index contributed by atoms with van der Waals surface area (Å²) in [7, 11) is 0. The number of carboxylic acid groups (broad SMARTS) is 1. The van der Waals surface area contributed by atoms with Crippen molar-refractivity contribution in [1.82, 2.24) is 9.97 Å². The molecule has 0 saturated heterocycles. The monoisotopic (exact) mass is 321 g/mol. The van der Waals surface area contributed by atoms with Gasteiger partial charge in [0.25, 0.3) is 0 Å². The molecule has 3 rings (SSSR count). The standard InChI is InChI=1S/C18H15N3O3/c1-11(22)21-14-6-4-12(5-7-14)16(18(23)24)9-13-10-20-17-15(13)3-2-8-19-17/h2-10H,1H3,(H,19,20)(H,21,22)(H,23,24). The van der Waals surface area contributed by atoms with Gasteiger partial charge < -0.3 is 15.4 Å². The fraction of sp³-hybridized carbons (Fsp3) is 0.0556. The zero-order valence-electron chi connectivity index (χ0n) is 12.9. The minimum Gasteiger partial charge on any atom is -0.478 e. The van der Waals surface area contributed by atoms with Gasteiger partial charge in [0.05, 0.1) is 5.57 Å². The van der Waals surface area contributed by atoms with Gasteiger partial charge in [0, 0.05) is 36.0 Å². The Morgan fingerprint density at radius 3 is 2.62 bits per heavy atom. The van der Waals surface area contributed by atoms with Crippen molar-refractivity contribution in [3.63, 3.8) is 0 Å². The van der Waals surface area contributed by atoms with Gasteiger partial charge in [0.15, 0.2) is 0 Å². The van der Waals surface area contributed by atoms with Crippen LogP contribution in [0.5, 0.6) is 0 Å². The van der Waals surface area contributed by atoms with E-state index in [1.54, 1.807) is 48.8 Å². The predicted molar refractivity (Wildman–Crippen MR) is 92.3 cm³/mol. The molecule has 120 valence electrons. The predicted octanol–water partition coefficient (Wildman–Crippen LogP) is 3.15. The summed E-state index contributed by atoms with van der Waals surface area (Å²) in [6, 6.07) is 10.4. The SMILES string of the molecule is CC(=O)Nc1ccc(C(=Cc2c[nH]c3ncccc23)C(=O)O)cc1. The number of H-pyrrole nitrogens is 1. The molecule has 3 aromatic rings. The Hall–Kier alpha value is -3.41. The Morgan fingerprint density at radius 2 is 1.96 bits per heavy atom. The highest BCUT2D eigenvalue weighted by Gasteiger charge is 2.12. The molecule has 1 aromatic carbocycles. The van der Waals surface area contributed by atoms with Gasteiger partial charge in [-0.05, 0) is 35.9 Å². The van der Waals surface area contributed by atoms with Gasteiger partial charge in [-0.1, -0.05) is 12.1 Å². The highest BCUT2D eigenvalue weighted by molar-refractivity contribution is 6.21. The number of carboxylic acids is 1. The quantitative estimate of drug-likeness (QED) is 0.643. The molecule has 0 radical (unpaired) electrons. The number of nitrogens with zero attached hydrogens (tertiary/aromatic N) is 1. The summed E-state index contributed by atoms with van der Waals surface area (Å²) in [4.78, 5) is 29.9. The lowest BCUT2D eigenvalue weighted by Crippen LogP contribution is -2.06. The maximum absolute atomic E-state index is 11.7. The molecule has 0 fully saturated rings. The van der Waals surface area contributed by atoms with Crippen LogP contribution in [0.2, 0.25) is 0 Å². The van der Waals surface area contributed by atoms with Gasteiger partial charge in [-0.2, -0.15) is 0 Å². The molecule has 2 aromatic heterocycles. The van der Waals surface area contributed by atoms with Crippen LogP contribution in [-0.2, 0) is 9.59 Å². The van der Waals surface area contributed by atoms with Crippen LogP contribution in [0.3, 0.4) is 0 Å². The van der Waals surface area contributed by atoms with E-state index >= 15 is 0 Å². The first kappa shape index (κ1) is 15.5. The average molecular weight is 321 g/mol. The van der Waals surface area contributed by atoms with E-state index in [0.29, 0.717) is 16.9 Å². The van der Waals surface area contributed by atoms with Gasteiger partial charge >= 0.3 is 5.97 Å². The number of nitrogens with one attached hydrogen (secondary N) is 2. The first-order valence-corrected chi connectivity index (χ1v) is 7.30. The van der Waals surface area contributed by atoms with Crippen molar-refractivity contribution in [3.8, 4) is 0 Å². The first-order valence-electron chi connectivity index (χ1n) is 7.30. The Balaban J connectivity index is 2.01. The number of aliphatic carboxylic acids is 1. The average Bonchev–Trinajstić information content (AvgIpc) is 2.96. The topological polar surface area (TPSA) is 95.1 Å². The second-order valence-corrected chi connectivity index (χ2v) is 5.27. The van der Waals surface area contributed by atoms with Crippen molar-refractivity contribution < 1.29 is 14.7 Å². The second-order valence-electron chi connectivity index (χ2n) is 5.27. The van der Waals surface area contributed by atoms with E-state index in [9.17, 15) is 14.7 Å². The number of benzene rings is 1. The number of fused-ring (bicyclic) bond motifs is 1. The minimum atomic E-state index is -1.03. The zero-order valence-corrected chi connectivity index (χ0v) is 12.9. The number of aromatic amines is 1. The molecule has 0 spiro atoms. The third kappa shape index (κ3) is 3.17. The van der Waals surface area contributed by atoms with E-state index in [1.165, 1.54) is 6.92 Å². The highest BCUT2D eigenvalue weighted by atomic mass is 16.4. The van der Waals surface area contributed by atoms with Crippen molar-refractivity contribution >= 4 is 40.2 Å². The summed E-state index contributed by atoms with van der Waals surface area (Å²) in [6.07, 6.45) is 5.01. The van der Waals surface area contributed by atoms with Crippen molar-refractivity contribution in [2.75, 3.05) is 5.32 Å². The molecule has 0 aliphatic rings. The van der Waals surface area contributed by atoms with Gasteiger partial charge in [0.2, 0.25) is 5.91 Å². The zero-order chi connectivity index (χ0) is 17.1. The smallest absolute Gasteiger partial charge is 0.336 e. The summed E-state index contributed by atoms with van der Waals surface area (Å²) in [5.74, 6) is -1.21. The van der Waals surface area contributed by atoms with Gasteiger partial charge in [-0.25, -0.2) is 9.78 Å². The normalized spacial score (nSPS) is 11.5. The van der Waals surface area contributed by atoms with E-state index in [1.807, 2.05) is 6.07 Å². The number of carbonyl (C=O) groups excluding carboxylic acids is 1. The molecule has 24 heavy (non-hydrogen) atoms. The number of aromatic nitrogens is 2. The maximum atomic E-state index is 11.7. The molecule has 0 bridgehead atoms. The van der Waals surface area contributed by atoms with E-state index in [4.69, 9.17) is 0 Å². The summed E-state index contributed by atoms with van der Waals surface area (Å²) >= 11 is 0. The molecule has 3 N–H and O–H groups in total. The summed E-state index contributed by atoms with van der Waals surface area (Å²) in [5, 5.41) is 13.1. The maximum Gasteiger partial charge on any atom is 0.336 e. The van der Waals surface area contributed by atoms with Crippen molar-refractivity contribution in [1.29, 1.82) is 0 Å². The molecule has 1 amide bonds. The number of carbonyl (C=O) groups is 2. The fourth-order valence-corrected chi connectivity index (χ4v) is 2.46.